The van der Waals surface area contributed by atoms with Crippen molar-refractivity contribution in [3.05, 3.63) is 23.8 Å². The molecule has 2 nitrogen and oxygen atoms in total. The first-order chi connectivity index (χ1) is 13.4. The van der Waals surface area contributed by atoms with Crippen LogP contribution in [0.15, 0.2) is 12.1 Å². The van der Waals surface area contributed by atoms with Crippen molar-refractivity contribution in [2.24, 2.45) is 11.8 Å². The maximum Gasteiger partial charge on any atom is 0.397 e. The van der Waals surface area contributed by atoms with Crippen molar-refractivity contribution in [1.82, 2.24) is 0 Å². The summed E-state index contributed by atoms with van der Waals surface area (Å²) in [4.78, 5) is 0. The number of hydrogen-bond donors (Lipinski definition) is 0. The molecule has 1 saturated carbocycles. The highest BCUT2D eigenvalue weighted by Crippen LogP contribution is 2.37. The smallest absolute Gasteiger partial charge is 0.397 e. The third kappa shape index (κ3) is 6.85. The van der Waals surface area contributed by atoms with Gasteiger partial charge in [-0.1, -0.05) is 58.3 Å². The zero-order chi connectivity index (χ0) is 20.6. The Hall–Kier alpha value is -1.46. The summed E-state index contributed by atoms with van der Waals surface area (Å²) in [5.41, 5.74) is 0. The second-order valence-corrected chi connectivity index (χ2v) is 7.78. The number of alkyl halides is 2. The SMILES string of the molecule is CCCCCC1CCC(CCC(F)(F)Oc2ccc(OCC)c(F)c2F)CC1. The minimum Gasteiger partial charge on any atom is -0.491 e. The third-order valence-corrected chi connectivity index (χ3v) is 5.60. The van der Waals surface area contributed by atoms with Crippen LogP contribution in [0.2, 0.25) is 0 Å². The van der Waals surface area contributed by atoms with Gasteiger partial charge in [0.1, 0.15) is 0 Å². The topological polar surface area (TPSA) is 18.5 Å². The summed E-state index contributed by atoms with van der Waals surface area (Å²) in [5, 5.41) is 0. The van der Waals surface area contributed by atoms with Gasteiger partial charge in [-0.05, 0) is 37.3 Å². The molecule has 1 aromatic rings. The first-order valence-electron chi connectivity index (χ1n) is 10.5. The minimum atomic E-state index is -3.53. The zero-order valence-electron chi connectivity index (χ0n) is 16.9. The Morgan fingerprint density at radius 2 is 1.46 bits per heavy atom. The number of benzene rings is 1. The predicted octanol–water partition coefficient (Wildman–Crippen LogP) is 7.50. The Morgan fingerprint density at radius 1 is 0.893 bits per heavy atom. The van der Waals surface area contributed by atoms with Crippen LogP contribution in [0.4, 0.5) is 17.6 Å². The van der Waals surface area contributed by atoms with Gasteiger partial charge in [0.2, 0.25) is 11.6 Å². The van der Waals surface area contributed by atoms with Gasteiger partial charge >= 0.3 is 6.11 Å². The Morgan fingerprint density at radius 3 is 2.07 bits per heavy atom. The molecule has 0 aromatic heterocycles. The quantitative estimate of drug-likeness (QED) is 0.281. The molecular weight excluding hydrogens is 372 g/mol. The summed E-state index contributed by atoms with van der Waals surface area (Å²) in [6.45, 7) is 3.95. The van der Waals surface area contributed by atoms with Gasteiger partial charge in [-0.25, -0.2) is 0 Å². The third-order valence-electron chi connectivity index (χ3n) is 5.60. The van der Waals surface area contributed by atoms with Gasteiger partial charge in [0.25, 0.3) is 0 Å². The van der Waals surface area contributed by atoms with E-state index in [0.717, 1.165) is 43.7 Å². The molecule has 0 radical (unpaired) electrons. The largest absolute Gasteiger partial charge is 0.491 e. The Balaban J connectivity index is 1.81. The molecule has 1 fully saturated rings. The van der Waals surface area contributed by atoms with Crippen molar-refractivity contribution in [2.75, 3.05) is 6.61 Å². The van der Waals surface area contributed by atoms with E-state index in [1.54, 1.807) is 6.92 Å². The van der Waals surface area contributed by atoms with E-state index in [2.05, 4.69) is 11.7 Å². The molecule has 0 aliphatic heterocycles. The fourth-order valence-corrected chi connectivity index (χ4v) is 3.94. The fraction of sp³-hybridized carbons (Fsp3) is 0.727. The maximum atomic E-state index is 14.2. The zero-order valence-corrected chi connectivity index (χ0v) is 16.9. The van der Waals surface area contributed by atoms with Crippen LogP contribution in [0.25, 0.3) is 0 Å². The van der Waals surface area contributed by atoms with Crippen molar-refractivity contribution >= 4 is 0 Å². The highest BCUT2D eigenvalue weighted by atomic mass is 19.3. The van der Waals surface area contributed by atoms with E-state index in [1.807, 2.05) is 0 Å². The van der Waals surface area contributed by atoms with E-state index >= 15 is 0 Å². The van der Waals surface area contributed by atoms with Gasteiger partial charge in [0.15, 0.2) is 11.5 Å². The summed E-state index contributed by atoms with van der Waals surface area (Å²) in [6, 6.07) is 2.09. The van der Waals surface area contributed by atoms with Crippen molar-refractivity contribution in [1.29, 1.82) is 0 Å². The van der Waals surface area contributed by atoms with Crippen LogP contribution < -0.4 is 9.47 Å². The van der Waals surface area contributed by atoms with Crippen molar-refractivity contribution in [3.8, 4) is 11.5 Å². The molecule has 28 heavy (non-hydrogen) atoms. The Kier molecular flexibility index (Phi) is 8.90. The van der Waals surface area contributed by atoms with Crippen molar-refractivity contribution in [3.63, 3.8) is 0 Å². The number of ether oxygens (including phenoxy) is 2. The fourth-order valence-electron chi connectivity index (χ4n) is 3.94. The Bertz CT molecular complexity index is 598. The summed E-state index contributed by atoms with van der Waals surface area (Å²) >= 11 is 0. The molecule has 2 rings (SSSR count). The highest BCUT2D eigenvalue weighted by Gasteiger charge is 2.35. The number of rotatable bonds is 11. The highest BCUT2D eigenvalue weighted by molar-refractivity contribution is 5.35. The molecule has 0 unspecified atom stereocenters. The maximum absolute atomic E-state index is 14.2. The molecule has 1 aliphatic rings. The average molecular weight is 404 g/mol. The van der Waals surface area contributed by atoms with Gasteiger partial charge in [-0.3, -0.25) is 0 Å². The van der Waals surface area contributed by atoms with Crippen LogP contribution in [0.3, 0.4) is 0 Å². The molecule has 0 saturated heterocycles. The lowest BCUT2D eigenvalue weighted by Crippen LogP contribution is -2.27. The van der Waals surface area contributed by atoms with E-state index in [1.165, 1.54) is 25.7 Å². The van der Waals surface area contributed by atoms with Crippen LogP contribution in [-0.4, -0.2) is 12.7 Å². The molecule has 1 aliphatic carbocycles. The number of hydrogen-bond acceptors (Lipinski definition) is 2. The molecule has 6 heteroatoms. The monoisotopic (exact) mass is 404 g/mol. The molecule has 0 spiro atoms. The van der Waals surface area contributed by atoms with Gasteiger partial charge in [0.05, 0.1) is 13.0 Å². The molecule has 0 bridgehead atoms. The van der Waals surface area contributed by atoms with Crippen LogP contribution in [0.1, 0.15) is 78.1 Å². The lowest BCUT2D eigenvalue weighted by molar-refractivity contribution is -0.185. The van der Waals surface area contributed by atoms with Gasteiger partial charge < -0.3 is 9.47 Å². The number of halogens is 4. The van der Waals surface area contributed by atoms with E-state index in [9.17, 15) is 17.6 Å². The van der Waals surface area contributed by atoms with Crippen molar-refractivity contribution in [2.45, 2.75) is 84.2 Å². The first kappa shape index (κ1) is 22.8. The standard InChI is InChI=1S/C22H32F4O2/c1-3-5-6-7-16-8-10-17(11-9-16)14-15-22(25,26)28-19-13-12-18(27-4-2)20(23)21(19)24/h12-13,16-17H,3-11,14-15H2,1-2H3. The molecule has 0 N–H and O–H groups in total. The molecule has 0 heterocycles. The van der Waals surface area contributed by atoms with E-state index in [-0.39, 0.29) is 18.3 Å². The summed E-state index contributed by atoms with van der Waals surface area (Å²) < 4.78 is 65.6. The normalized spacial score (nSPS) is 20.2. The van der Waals surface area contributed by atoms with Crippen LogP contribution >= 0.6 is 0 Å². The lowest BCUT2D eigenvalue weighted by atomic mass is 9.78. The van der Waals surface area contributed by atoms with E-state index in [4.69, 9.17) is 4.74 Å². The predicted molar refractivity (Wildman–Crippen MR) is 102 cm³/mol. The molecule has 0 atom stereocenters. The van der Waals surface area contributed by atoms with E-state index < -0.39 is 29.9 Å². The minimum absolute atomic E-state index is 0.146. The van der Waals surface area contributed by atoms with Crippen molar-refractivity contribution < 1.29 is 27.0 Å². The molecular formula is C22H32F4O2. The average Bonchev–Trinajstić information content (AvgIpc) is 2.67. The second kappa shape index (κ2) is 10.9. The molecule has 1 aromatic carbocycles. The van der Waals surface area contributed by atoms with Crippen LogP contribution in [0.5, 0.6) is 11.5 Å². The second-order valence-electron chi connectivity index (χ2n) is 7.78. The number of unbranched alkanes of at least 4 members (excludes halogenated alkanes) is 2. The first-order valence-corrected chi connectivity index (χ1v) is 10.5. The summed E-state index contributed by atoms with van der Waals surface area (Å²) in [7, 11) is 0. The summed E-state index contributed by atoms with van der Waals surface area (Å²) in [6.07, 6.45) is 5.37. The summed E-state index contributed by atoms with van der Waals surface area (Å²) in [5.74, 6) is -2.88. The molecule has 0 amide bonds. The van der Waals surface area contributed by atoms with Crippen LogP contribution in [0, 0.1) is 23.5 Å². The van der Waals surface area contributed by atoms with E-state index in [0.29, 0.717) is 6.42 Å². The Labute approximate surface area is 165 Å². The van der Waals surface area contributed by atoms with Gasteiger partial charge in [-0.15, -0.1) is 0 Å². The van der Waals surface area contributed by atoms with Gasteiger partial charge in [0, 0.05) is 0 Å². The van der Waals surface area contributed by atoms with Crippen LogP contribution in [-0.2, 0) is 0 Å². The van der Waals surface area contributed by atoms with Gasteiger partial charge in [-0.2, -0.15) is 17.6 Å². The molecule has 160 valence electrons. The lowest BCUT2D eigenvalue weighted by Gasteiger charge is -2.29.